The fourth-order valence-corrected chi connectivity index (χ4v) is 2.14. The largest absolute Gasteiger partial charge is 0.305 e. The Morgan fingerprint density at radius 2 is 2.27 bits per heavy atom. The molecule has 0 aliphatic carbocycles. The number of aromatic nitrogens is 3. The first-order valence-corrected chi connectivity index (χ1v) is 4.84. The van der Waals surface area contributed by atoms with Crippen LogP contribution in [0.1, 0.15) is 18.0 Å². The second-order valence-electron chi connectivity index (χ2n) is 3.57. The normalized spacial score (nSPS) is 17.2. The lowest BCUT2D eigenvalue weighted by atomic mass is 10.0. The number of benzene rings is 1. The van der Waals surface area contributed by atoms with E-state index < -0.39 is 0 Å². The van der Waals surface area contributed by atoms with Gasteiger partial charge in [-0.2, -0.15) is 0 Å². The highest BCUT2D eigenvalue weighted by Crippen LogP contribution is 2.38. The van der Waals surface area contributed by atoms with Crippen LogP contribution in [0.4, 0.5) is 0 Å². The number of carbonyl (C=O) groups is 1. The molecule has 1 aromatic carbocycles. The molecule has 0 saturated carbocycles. The molecule has 0 spiro atoms. The summed E-state index contributed by atoms with van der Waals surface area (Å²) in [6.45, 7) is 0. The maximum Gasteiger partial charge on any atom is 0.164 e. The van der Waals surface area contributed by atoms with Crippen LogP contribution in [0.5, 0.6) is 0 Å². The quantitative estimate of drug-likeness (QED) is 0.687. The fourth-order valence-electron chi connectivity index (χ4n) is 2.14. The zero-order valence-corrected chi connectivity index (χ0v) is 8.00. The first-order chi connectivity index (χ1) is 7.42. The summed E-state index contributed by atoms with van der Waals surface area (Å²) in [6, 6.07) is 8.08. The van der Waals surface area contributed by atoms with Crippen LogP contribution in [0.15, 0.2) is 30.6 Å². The van der Waals surface area contributed by atoms with Crippen LogP contribution in [0.25, 0.3) is 11.4 Å². The molecular weight excluding hydrogens is 190 g/mol. The minimum atomic E-state index is 0.0729. The highest BCUT2D eigenvalue weighted by Gasteiger charge is 2.28. The summed E-state index contributed by atoms with van der Waals surface area (Å²) in [5.41, 5.74) is 2.25. The van der Waals surface area contributed by atoms with Crippen LogP contribution in [0.2, 0.25) is 0 Å². The number of hydrogen-bond acceptors (Lipinski definition) is 3. The topological polar surface area (TPSA) is 47.8 Å². The van der Waals surface area contributed by atoms with Gasteiger partial charge in [0, 0.05) is 12.0 Å². The Hall–Kier alpha value is -1.97. The molecule has 1 aliphatic heterocycles. The molecule has 74 valence electrons. The molecule has 0 radical (unpaired) electrons. The Labute approximate surface area is 86.6 Å². The standard InChI is InChI=1S/C11H9N3O/c15-6-5-10-8-3-1-2-4-9(8)11-13-12-7-14(10)11/h1-4,6-7,10H,5H2. The first kappa shape index (κ1) is 8.35. The van der Waals surface area contributed by atoms with Gasteiger partial charge in [-0.15, -0.1) is 10.2 Å². The molecule has 0 fully saturated rings. The Bertz CT molecular complexity index is 518. The third kappa shape index (κ3) is 1.05. The van der Waals surface area contributed by atoms with Gasteiger partial charge >= 0.3 is 0 Å². The third-order valence-corrected chi connectivity index (χ3v) is 2.79. The maximum atomic E-state index is 10.6. The van der Waals surface area contributed by atoms with Crippen molar-refractivity contribution in [2.24, 2.45) is 0 Å². The summed E-state index contributed by atoms with van der Waals surface area (Å²) < 4.78 is 1.96. The molecule has 0 N–H and O–H groups in total. The van der Waals surface area contributed by atoms with Gasteiger partial charge in [0.2, 0.25) is 0 Å². The molecule has 4 heteroatoms. The summed E-state index contributed by atoms with van der Waals surface area (Å²) in [4.78, 5) is 10.6. The predicted molar refractivity (Wildman–Crippen MR) is 54.3 cm³/mol. The number of fused-ring (bicyclic) bond motifs is 3. The summed E-state index contributed by atoms with van der Waals surface area (Å²) in [5.74, 6) is 0.859. The van der Waals surface area contributed by atoms with E-state index in [0.29, 0.717) is 6.42 Å². The molecule has 0 saturated heterocycles. The van der Waals surface area contributed by atoms with Crippen LogP contribution in [-0.4, -0.2) is 21.1 Å². The van der Waals surface area contributed by atoms with Gasteiger partial charge in [0.1, 0.15) is 12.6 Å². The van der Waals surface area contributed by atoms with Crippen molar-refractivity contribution in [2.75, 3.05) is 0 Å². The predicted octanol–water partition coefficient (Wildman–Crippen LogP) is 1.44. The molecule has 4 nitrogen and oxygen atoms in total. The summed E-state index contributed by atoms with van der Waals surface area (Å²) >= 11 is 0. The summed E-state index contributed by atoms with van der Waals surface area (Å²) in [6.07, 6.45) is 3.10. The second kappa shape index (κ2) is 3.02. The van der Waals surface area contributed by atoms with Gasteiger partial charge in [-0.1, -0.05) is 24.3 Å². The molecule has 0 amide bonds. The molecular formula is C11H9N3O. The Kier molecular flexibility index (Phi) is 1.68. The Balaban J connectivity index is 2.23. The van der Waals surface area contributed by atoms with Crippen molar-refractivity contribution in [1.29, 1.82) is 0 Å². The van der Waals surface area contributed by atoms with Crippen molar-refractivity contribution in [1.82, 2.24) is 14.8 Å². The molecule has 1 atom stereocenters. The number of hydrogen-bond donors (Lipinski definition) is 0. The van der Waals surface area contributed by atoms with E-state index in [1.807, 2.05) is 28.8 Å². The molecule has 1 aliphatic rings. The summed E-state index contributed by atoms with van der Waals surface area (Å²) in [5, 5.41) is 7.94. The van der Waals surface area contributed by atoms with E-state index in [0.717, 1.165) is 23.2 Å². The average Bonchev–Trinajstić information content (AvgIpc) is 2.82. The van der Waals surface area contributed by atoms with Crippen molar-refractivity contribution >= 4 is 6.29 Å². The average molecular weight is 199 g/mol. The number of aldehydes is 1. The van der Waals surface area contributed by atoms with Crippen LogP contribution >= 0.6 is 0 Å². The molecule has 2 heterocycles. The molecule has 1 unspecified atom stereocenters. The third-order valence-electron chi connectivity index (χ3n) is 2.79. The zero-order valence-electron chi connectivity index (χ0n) is 8.00. The lowest BCUT2D eigenvalue weighted by Crippen LogP contribution is -2.04. The molecule has 15 heavy (non-hydrogen) atoms. The van der Waals surface area contributed by atoms with Gasteiger partial charge < -0.3 is 9.36 Å². The van der Waals surface area contributed by atoms with Crippen molar-refractivity contribution in [3.8, 4) is 11.4 Å². The molecule has 1 aromatic heterocycles. The van der Waals surface area contributed by atoms with E-state index in [2.05, 4.69) is 10.2 Å². The molecule has 3 rings (SSSR count). The molecule has 2 aromatic rings. The SMILES string of the molecule is O=CCC1c2ccccc2-c2nncn21. The molecule has 0 bridgehead atoms. The Morgan fingerprint density at radius 1 is 1.40 bits per heavy atom. The first-order valence-electron chi connectivity index (χ1n) is 4.84. The van der Waals surface area contributed by atoms with Crippen molar-refractivity contribution in [3.63, 3.8) is 0 Å². The van der Waals surface area contributed by atoms with Crippen LogP contribution in [-0.2, 0) is 4.79 Å². The number of nitrogens with zero attached hydrogens (tertiary/aromatic N) is 3. The van der Waals surface area contributed by atoms with Crippen LogP contribution in [0.3, 0.4) is 0 Å². The van der Waals surface area contributed by atoms with Crippen molar-refractivity contribution in [2.45, 2.75) is 12.5 Å². The van der Waals surface area contributed by atoms with E-state index in [1.165, 1.54) is 0 Å². The van der Waals surface area contributed by atoms with Gasteiger partial charge in [-0.3, -0.25) is 0 Å². The minimum absolute atomic E-state index is 0.0729. The van der Waals surface area contributed by atoms with Gasteiger partial charge in [0.15, 0.2) is 5.82 Å². The second-order valence-corrected chi connectivity index (χ2v) is 3.57. The lowest BCUT2D eigenvalue weighted by molar-refractivity contribution is -0.108. The van der Waals surface area contributed by atoms with E-state index >= 15 is 0 Å². The fraction of sp³-hybridized carbons (Fsp3) is 0.182. The van der Waals surface area contributed by atoms with Gasteiger partial charge in [-0.05, 0) is 5.56 Å². The monoisotopic (exact) mass is 199 g/mol. The highest BCUT2D eigenvalue weighted by atomic mass is 16.1. The van der Waals surface area contributed by atoms with Gasteiger partial charge in [0.05, 0.1) is 6.04 Å². The van der Waals surface area contributed by atoms with Crippen LogP contribution in [0, 0.1) is 0 Å². The van der Waals surface area contributed by atoms with E-state index in [1.54, 1.807) is 6.33 Å². The number of carbonyl (C=O) groups excluding carboxylic acids is 1. The van der Waals surface area contributed by atoms with E-state index in [4.69, 9.17) is 0 Å². The smallest absolute Gasteiger partial charge is 0.164 e. The van der Waals surface area contributed by atoms with Gasteiger partial charge in [0.25, 0.3) is 0 Å². The minimum Gasteiger partial charge on any atom is -0.305 e. The summed E-state index contributed by atoms with van der Waals surface area (Å²) in [7, 11) is 0. The van der Waals surface area contributed by atoms with Crippen LogP contribution < -0.4 is 0 Å². The van der Waals surface area contributed by atoms with Crippen molar-refractivity contribution < 1.29 is 4.79 Å². The number of rotatable bonds is 2. The van der Waals surface area contributed by atoms with Gasteiger partial charge in [-0.25, -0.2) is 0 Å². The zero-order chi connectivity index (χ0) is 10.3. The van der Waals surface area contributed by atoms with E-state index in [-0.39, 0.29) is 6.04 Å². The Morgan fingerprint density at radius 3 is 3.13 bits per heavy atom. The maximum absolute atomic E-state index is 10.6. The highest BCUT2D eigenvalue weighted by molar-refractivity contribution is 5.67. The van der Waals surface area contributed by atoms with E-state index in [9.17, 15) is 4.79 Å². The lowest BCUT2D eigenvalue weighted by Gasteiger charge is -2.09. The van der Waals surface area contributed by atoms with Crippen molar-refractivity contribution in [3.05, 3.63) is 36.2 Å².